The molecule has 0 radical (unpaired) electrons. The predicted molar refractivity (Wildman–Crippen MR) is 211 cm³/mol. The number of Topliss-reactive ketones (excluding diaryl/α,β-unsaturated/α-hetero) is 1. The van der Waals surface area contributed by atoms with Crippen molar-refractivity contribution in [3.8, 4) is 0 Å². The van der Waals surface area contributed by atoms with E-state index in [4.69, 9.17) is 4.74 Å². The van der Waals surface area contributed by atoms with Gasteiger partial charge in [-0.1, -0.05) is 74.5 Å². The van der Waals surface area contributed by atoms with Crippen LogP contribution in [0.3, 0.4) is 0 Å². The number of aromatic nitrogens is 2. The lowest BCUT2D eigenvalue weighted by atomic mass is 9.95. The van der Waals surface area contributed by atoms with Gasteiger partial charge in [0.05, 0.1) is 34.2 Å². The molecule has 5 rings (SSSR count). The smallest absolute Gasteiger partial charge is 0.407 e. The Balaban J connectivity index is 1.28. The molecular weight excluding hydrogens is 723 g/mol. The summed E-state index contributed by atoms with van der Waals surface area (Å²) in [5, 5.41) is 12.3. The van der Waals surface area contributed by atoms with Gasteiger partial charge in [0.1, 0.15) is 18.4 Å². The van der Waals surface area contributed by atoms with Gasteiger partial charge in [-0.05, 0) is 43.2 Å². The third-order valence-electron chi connectivity index (χ3n) is 9.28. The highest BCUT2D eigenvalue weighted by Crippen LogP contribution is 2.20. The maximum absolute atomic E-state index is 14.2. The van der Waals surface area contributed by atoms with Gasteiger partial charge in [-0.3, -0.25) is 19.5 Å². The molecule has 3 atom stereocenters. The Hall–Kier alpha value is -4.66. The van der Waals surface area contributed by atoms with Crippen LogP contribution in [0.15, 0.2) is 77.8 Å². The highest BCUT2D eigenvalue weighted by molar-refractivity contribution is 7.09. The van der Waals surface area contributed by atoms with Crippen molar-refractivity contribution in [1.82, 2.24) is 35.7 Å². The Morgan fingerprint density at radius 1 is 0.907 bits per heavy atom. The molecule has 4 aromatic rings. The first-order valence-electron chi connectivity index (χ1n) is 18.5. The van der Waals surface area contributed by atoms with Crippen molar-refractivity contribution in [1.29, 1.82) is 0 Å². The Labute approximate surface area is 325 Å². The molecule has 3 N–H and O–H groups in total. The van der Waals surface area contributed by atoms with Gasteiger partial charge >= 0.3 is 12.1 Å². The molecule has 1 aliphatic rings. The summed E-state index contributed by atoms with van der Waals surface area (Å²) in [6.07, 6.45) is 4.25. The van der Waals surface area contributed by atoms with E-state index in [0.717, 1.165) is 26.7 Å². The van der Waals surface area contributed by atoms with Crippen molar-refractivity contribution >= 4 is 46.5 Å². The molecule has 3 unspecified atom stereocenters. The molecule has 1 saturated heterocycles. The molecule has 0 aliphatic carbocycles. The monoisotopic (exact) mass is 773 g/mol. The van der Waals surface area contributed by atoms with Gasteiger partial charge in [-0.2, -0.15) is 0 Å². The summed E-state index contributed by atoms with van der Waals surface area (Å²) in [5.41, 5.74) is 4.62. The minimum Gasteiger partial charge on any atom is -0.444 e. The highest BCUT2D eigenvalue weighted by Gasteiger charge is 2.28. The number of urea groups is 1. The normalized spacial score (nSPS) is 14.7. The molecule has 2 aromatic carbocycles. The summed E-state index contributed by atoms with van der Waals surface area (Å²) >= 11 is 2.99. The second kappa shape index (κ2) is 20.7. The molecule has 1 aliphatic heterocycles. The molecule has 0 spiro atoms. The number of hydrogen-bond acceptors (Lipinski definition) is 10. The van der Waals surface area contributed by atoms with Gasteiger partial charge in [-0.25, -0.2) is 14.6 Å². The summed E-state index contributed by atoms with van der Waals surface area (Å²) in [5.74, 6) is 0.179. The lowest BCUT2D eigenvalue weighted by Gasteiger charge is -2.28. The van der Waals surface area contributed by atoms with Crippen LogP contribution in [0, 0.1) is 0 Å². The molecular formula is C40H51N7O5S2. The number of nitrogens with zero attached hydrogens (tertiary/aromatic N) is 4. The van der Waals surface area contributed by atoms with E-state index in [1.165, 1.54) is 16.2 Å². The number of amides is 4. The van der Waals surface area contributed by atoms with Crippen LogP contribution in [-0.2, 0) is 40.3 Å². The van der Waals surface area contributed by atoms with E-state index in [9.17, 15) is 19.2 Å². The molecule has 4 amide bonds. The van der Waals surface area contributed by atoms with Crippen LogP contribution in [-0.4, -0.2) is 88.4 Å². The lowest BCUT2D eigenvalue weighted by molar-refractivity contribution is -0.124. The van der Waals surface area contributed by atoms with Crippen LogP contribution < -0.4 is 16.0 Å². The van der Waals surface area contributed by atoms with E-state index < -0.39 is 12.1 Å². The number of ketones is 1. The number of ether oxygens (including phenoxy) is 1. The van der Waals surface area contributed by atoms with Crippen LogP contribution in [0.5, 0.6) is 0 Å². The minimum atomic E-state index is -0.837. The molecule has 14 heteroatoms. The summed E-state index contributed by atoms with van der Waals surface area (Å²) in [6, 6.07) is 18.1. The molecule has 288 valence electrons. The molecule has 2 aromatic heterocycles. The van der Waals surface area contributed by atoms with E-state index in [0.29, 0.717) is 70.6 Å². The Kier molecular flexibility index (Phi) is 15.5. The number of nitrogens with one attached hydrogen (secondary N) is 3. The van der Waals surface area contributed by atoms with Crippen LogP contribution in [0.4, 0.5) is 9.59 Å². The Morgan fingerprint density at radius 2 is 1.57 bits per heavy atom. The number of hydrogen-bond donors (Lipinski definition) is 3. The van der Waals surface area contributed by atoms with Gasteiger partial charge < -0.3 is 25.6 Å². The highest BCUT2D eigenvalue weighted by atomic mass is 32.1. The van der Waals surface area contributed by atoms with Gasteiger partial charge in [0, 0.05) is 56.1 Å². The largest absolute Gasteiger partial charge is 0.444 e. The molecule has 1 fully saturated rings. The van der Waals surface area contributed by atoms with E-state index in [2.05, 4.69) is 39.8 Å². The zero-order valence-corrected chi connectivity index (χ0v) is 32.9. The van der Waals surface area contributed by atoms with E-state index >= 15 is 0 Å². The SMILES string of the molecule is CC(C)c1nc(CN(C)C(=O)NC(CCN2CCC(=O)C2)C(=O)NC(CCC(Cc2ccccc2)NC(=O)OCc2cncs2)Cc2ccccc2)cs1. The zero-order valence-electron chi connectivity index (χ0n) is 31.2. The first-order valence-corrected chi connectivity index (χ1v) is 20.3. The Morgan fingerprint density at radius 3 is 2.15 bits per heavy atom. The van der Waals surface area contributed by atoms with E-state index in [1.54, 1.807) is 30.1 Å². The second-order valence-corrected chi connectivity index (χ2v) is 16.0. The Bertz CT molecular complexity index is 1770. The summed E-state index contributed by atoms with van der Waals surface area (Å²) < 4.78 is 5.51. The molecule has 0 saturated carbocycles. The average molecular weight is 774 g/mol. The first kappa shape index (κ1) is 40.5. The molecule has 0 bridgehead atoms. The predicted octanol–water partition coefficient (Wildman–Crippen LogP) is 5.94. The van der Waals surface area contributed by atoms with E-state index in [1.807, 2.05) is 70.9 Å². The molecule has 3 heterocycles. The molecule has 12 nitrogen and oxygen atoms in total. The average Bonchev–Trinajstić information content (AvgIpc) is 3.95. The van der Waals surface area contributed by atoms with Gasteiger partial charge in [0.25, 0.3) is 0 Å². The van der Waals surface area contributed by atoms with Crippen LogP contribution in [0.2, 0.25) is 0 Å². The van der Waals surface area contributed by atoms with Crippen molar-refractivity contribution in [3.63, 3.8) is 0 Å². The van der Waals surface area contributed by atoms with Gasteiger partial charge in [-0.15, -0.1) is 22.7 Å². The van der Waals surface area contributed by atoms with Crippen molar-refractivity contribution < 1.29 is 23.9 Å². The number of thiazole rings is 2. The minimum absolute atomic E-state index is 0.137. The lowest BCUT2D eigenvalue weighted by Crippen LogP contribution is -2.53. The fraction of sp³-hybridized carbons (Fsp3) is 0.450. The zero-order chi connectivity index (χ0) is 38.3. The quantitative estimate of drug-likeness (QED) is 0.106. The number of rotatable bonds is 19. The van der Waals surface area contributed by atoms with Gasteiger partial charge in [0.2, 0.25) is 5.91 Å². The fourth-order valence-corrected chi connectivity index (χ4v) is 7.64. The van der Waals surface area contributed by atoms with Crippen LogP contribution in [0.25, 0.3) is 0 Å². The standard InChI is InChI=1S/C40H51N7O5S2/c1-28(2)38-43-33(26-53-38)23-46(3)39(50)45-36(17-19-47-18-16-34(48)24-47)37(49)42-31(20-29-10-6-4-7-11-29)14-15-32(21-30-12-8-5-9-13-30)44-40(51)52-25-35-22-41-27-54-35/h4-13,22,26-28,31-32,36H,14-21,23-25H2,1-3H3,(H,42,49)(H,44,51)(H,45,50). The number of carbonyl (C=O) groups is 4. The maximum Gasteiger partial charge on any atom is 0.407 e. The molecule has 54 heavy (non-hydrogen) atoms. The van der Waals surface area contributed by atoms with Crippen LogP contribution in [0.1, 0.15) is 72.2 Å². The maximum atomic E-state index is 14.2. The van der Waals surface area contributed by atoms with Crippen molar-refractivity contribution in [2.24, 2.45) is 0 Å². The summed E-state index contributed by atoms with van der Waals surface area (Å²) in [6.45, 7) is 6.10. The van der Waals surface area contributed by atoms with Gasteiger partial charge in [0.15, 0.2) is 0 Å². The van der Waals surface area contributed by atoms with Crippen molar-refractivity contribution in [3.05, 3.63) is 104 Å². The van der Waals surface area contributed by atoms with Crippen LogP contribution >= 0.6 is 22.7 Å². The number of carbonyl (C=O) groups excluding carboxylic acids is 4. The number of likely N-dealkylation sites (tertiary alicyclic amines) is 1. The second-order valence-electron chi connectivity index (χ2n) is 14.1. The summed E-state index contributed by atoms with van der Waals surface area (Å²) in [7, 11) is 1.69. The third-order valence-corrected chi connectivity index (χ3v) is 11.2. The van der Waals surface area contributed by atoms with Crippen molar-refractivity contribution in [2.75, 3.05) is 26.7 Å². The number of benzene rings is 2. The van der Waals surface area contributed by atoms with E-state index in [-0.39, 0.29) is 36.4 Å². The van der Waals surface area contributed by atoms with Crippen molar-refractivity contribution in [2.45, 2.75) is 89.6 Å². The summed E-state index contributed by atoms with van der Waals surface area (Å²) in [4.78, 5) is 65.8. The third kappa shape index (κ3) is 13.3. The number of alkyl carbamates (subject to hydrolysis) is 1. The topological polar surface area (TPSA) is 146 Å². The fourth-order valence-electron chi connectivity index (χ4n) is 6.31. The first-order chi connectivity index (χ1) is 26.1.